The zero-order valence-electron chi connectivity index (χ0n) is 12.8. The van der Waals surface area contributed by atoms with E-state index in [0.29, 0.717) is 0 Å². The summed E-state index contributed by atoms with van der Waals surface area (Å²) >= 11 is 3.43. The SMILES string of the molecule is C1=Cc2cccc3cccc(c23)C1.c1ccsc1.c1ccsc1. The van der Waals surface area contributed by atoms with E-state index in [9.17, 15) is 0 Å². The molecular weight excluding hydrogens is 316 g/mol. The van der Waals surface area contributed by atoms with Crippen molar-refractivity contribution in [3.8, 4) is 0 Å². The Kier molecular flexibility index (Phi) is 5.79. The number of allylic oxidation sites excluding steroid dienone is 1. The lowest BCUT2D eigenvalue weighted by Gasteiger charge is -2.11. The van der Waals surface area contributed by atoms with Gasteiger partial charge in [-0.3, -0.25) is 0 Å². The molecule has 0 saturated carbocycles. The molecule has 1 aliphatic carbocycles. The van der Waals surface area contributed by atoms with E-state index in [2.05, 4.69) is 48.6 Å². The third kappa shape index (κ3) is 4.41. The van der Waals surface area contributed by atoms with Gasteiger partial charge in [-0.2, -0.15) is 22.7 Å². The van der Waals surface area contributed by atoms with Crippen LogP contribution in [-0.4, -0.2) is 0 Å². The van der Waals surface area contributed by atoms with Gasteiger partial charge in [0.15, 0.2) is 0 Å². The molecule has 0 atom stereocenters. The summed E-state index contributed by atoms with van der Waals surface area (Å²) in [5.74, 6) is 0. The van der Waals surface area contributed by atoms with Crippen molar-refractivity contribution < 1.29 is 0 Å². The Morgan fingerprint density at radius 3 is 1.83 bits per heavy atom. The van der Waals surface area contributed by atoms with E-state index >= 15 is 0 Å². The Bertz CT molecular complexity index is 775. The lowest BCUT2D eigenvalue weighted by molar-refractivity contribution is 1.29. The summed E-state index contributed by atoms with van der Waals surface area (Å²) in [4.78, 5) is 0. The van der Waals surface area contributed by atoms with Crippen LogP contribution in [0, 0.1) is 0 Å². The fourth-order valence-electron chi connectivity index (χ4n) is 2.53. The molecule has 4 aromatic rings. The van der Waals surface area contributed by atoms with Gasteiger partial charge in [-0.05, 0) is 49.8 Å². The molecule has 114 valence electrons. The molecule has 0 bridgehead atoms. The Labute approximate surface area is 145 Å². The minimum Gasteiger partial charge on any atom is -0.152 e. The Balaban J connectivity index is 0.000000128. The van der Waals surface area contributed by atoms with E-state index in [0.717, 1.165) is 6.42 Å². The highest BCUT2D eigenvalue weighted by atomic mass is 32.1. The van der Waals surface area contributed by atoms with Gasteiger partial charge >= 0.3 is 0 Å². The summed E-state index contributed by atoms with van der Waals surface area (Å²) in [5, 5.41) is 11.0. The van der Waals surface area contributed by atoms with Gasteiger partial charge in [0.1, 0.15) is 0 Å². The molecule has 2 heteroatoms. The summed E-state index contributed by atoms with van der Waals surface area (Å²) in [6.45, 7) is 0. The molecule has 2 aromatic carbocycles. The smallest absolute Gasteiger partial charge is 0.00763 e. The number of hydrogen-bond donors (Lipinski definition) is 0. The van der Waals surface area contributed by atoms with Crippen LogP contribution in [0.2, 0.25) is 0 Å². The molecule has 23 heavy (non-hydrogen) atoms. The van der Waals surface area contributed by atoms with Gasteiger partial charge in [0.2, 0.25) is 0 Å². The van der Waals surface area contributed by atoms with Crippen LogP contribution in [0.1, 0.15) is 11.1 Å². The third-order valence-corrected chi connectivity index (χ3v) is 4.77. The van der Waals surface area contributed by atoms with Crippen LogP contribution in [-0.2, 0) is 6.42 Å². The van der Waals surface area contributed by atoms with Gasteiger partial charge < -0.3 is 0 Å². The summed E-state index contributed by atoms with van der Waals surface area (Å²) in [6.07, 6.45) is 5.53. The lowest BCUT2D eigenvalue weighted by atomic mass is 9.93. The summed E-state index contributed by atoms with van der Waals surface area (Å²) in [6, 6.07) is 21.1. The fourth-order valence-corrected chi connectivity index (χ4v) is 3.43. The number of thiophene rings is 2. The van der Waals surface area contributed by atoms with Crippen LogP contribution in [0.15, 0.2) is 88.3 Å². The minimum absolute atomic E-state index is 1.08. The zero-order chi connectivity index (χ0) is 15.7. The van der Waals surface area contributed by atoms with E-state index in [1.54, 1.807) is 22.7 Å². The maximum Gasteiger partial charge on any atom is -0.00763 e. The molecule has 0 saturated heterocycles. The average Bonchev–Trinajstić information content (AvgIpc) is 3.35. The quantitative estimate of drug-likeness (QED) is 0.328. The third-order valence-electron chi connectivity index (χ3n) is 3.51. The zero-order valence-corrected chi connectivity index (χ0v) is 14.4. The fraction of sp³-hybridized carbons (Fsp3) is 0.0476. The maximum atomic E-state index is 2.23. The van der Waals surface area contributed by atoms with Gasteiger partial charge in [0, 0.05) is 0 Å². The van der Waals surface area contributed by atoms with Crippen molar-refractivity contribution in [1.29, 1.82) is 0 Å². The van der Waals surface area contributed by atoms with Crippen LogP contribution in [0.3, 0.4) is 0 Å². The molecule has 0 aliphatic heterocycles. The molecule has 0 amide bonds. The molecule has 0 unspecified atom stereocenters. The largest absolute Gasteiger partial charge is 0.152 e. The number of rotatable bonds is 0. The van der Waals surface area contributed by atoms with Crippen LogP contribution >= 0.6 is 22.7 Å². The topological polar surface area (TPSA) is 0 Å². The molecule has 0 spiro atoms. The highest BCUT2D eigenvalue weighted by Crippen LogP contribution is 2.27. The highest BCUT2D eigenvalue weighted by Gasteiger charge is 2.06. The van der Waals surface area contributed by atoms with Crippen molar-refractivity contribution in [3.05, 3.63) is 99.4 Å². The van der Waals surface area contributed by atoms with Crippen LogP contribution in [0.25, 0.3) is 16.8 Å². The van der Waals surface area contributed by atoms with Crippen molar-refractivity contribution in [1.82, 2.24) is 0 Å². The van der Waals surface area contributed by atoms with Gasteiger partial charge in [-0.25, -0.2) is 0 Å². The molecule has 1 aliphatic rings. The second-order valence-corrected chi connectivity index (χ2v) is 6.69. The van der Waals surface area contributed by atoms with Gasteiger partial charge in [-0.15, -0.1) is 0 Å². The van der Waals surface area contributed by atoms with Crippen molar-refractivity contribution in [2.75, 3.05) is 0 Å². The second-order valence-electron chi connectivity index (χ2n) is 5.06. The van der Waals surface area contributed by atoms with Crippen LogP contribution in [0.5, 0.6) is 0 Å². The van der Waals surface area contributed by atoms with E-state index in [1.807, 2.05) is 45.8 Å². The first-order valence-electron chi connectivity index (χ1n) is 7.56. The minimum atomic E-state index is 1.08. The molecule has 0 nitrogen and oxygen atoms in total. The van der Waals surface area contributed by atoms with Gasteiger partial charge in [0.05, 0.1) is 0 Å². The lowest BCUT2D eigenvalue weighted by Crippen LogP contribution is -1.91. The Hall–Kier alpha value is -2.16. The number of hydrogen-bond acceptors (Lipinski definition) is 2. The normalized spacial score (nSPS) is 11.1. The van der Waals surface area contributed by atoms with E-state index in [-0.39, 0.29) is 0 Å². The predicted octanol–water partition coefficient (Wildman–Crippen LogP) is 6.91. The predicted molar refractivity (Wildman–Crippen MR) is 105 cm³/mol. The van der Waals surface area contributed by atoms with Crippen LogP contribution in [0.4, 0.5) is 0 Å². The van der Waals surface area contributed by atoms with Gasteiger partial charge in [-0.1, -0.05) is 72.8 Å². The van der Waals surface area contributed by atoms with Crippen molar-refractivity contribution in [2.24, 2.45) is 0 Å². The van der Waals surface area contributed by atoms with Crippen molar-refractivity contribution >= 4 is 39.5 Å². The van der Waals surface area contributed by atoms with Crippen molar-refractivity contribution in [3.63, 3.8) is 0 Å². The van der Waals surface area contributed by atoms with Gasteiger partial charge in [0.25, 0.3) is 0 Å². The maximum absolute atomic E-state index is 2.23. The molecular formula is C21H18S2. The molecule has 0 N–H and O–H groups in total. The standard InChI is InChI=1S/C13H10.2C4H4S/c1-4-10-6-2-8-12-9-3-7-11(5-1)13(10)12;2*1-2-4-5-3-1/h1-8H,9H2;2*1-4H. The average molecular weight is 335 g/mol. The van der Waals surface area contributed by atoms with Crippen molar-refractivity contribution in [2.45, 2.75) is 6.42 Å². The first kappa shape index (κ1) is 15.7. The Morgan fingerprint density at radius 2 is 1.26 bits per heavy atom. The molecule has 5 rings (SSSR count). The highest BCUT2D eigenvalue weighted by molar-refractivity contribution is 7.08. The Morgan fingerprint density at radius 1 is 0.652 bits per heavy atom. The molecule has 2 heterocycles. The first-order valence-corrected chi connectivity index (χ1v) is 9.45. The van der Waals surface area contributed by atoms with Crippen LogP contribution < -0.4 is 0 Å². The number of benzene rings is 2. The first-order chi connectivity index (χ1) is 11.4. The van der Waals surface area contributed by atoms with E-state index in [4.69, 9.17) is 0 Å². The van der Waals surface area contributed by atoms with E-state index < -0.39 is 0 Å². The second kappa shape index (κ2) is 8.47. The molecule has 0 radical (unpaired) electrons. The summed E-state index contributed by atoms with van der Waals surface area (Å²) in [5.41, 5.74) is 2.81. The molecule has 2 aromatic heterocycles. The summed E-state index contributed by atoms with van der Waals surface area (Å²) < 4.78 is 0. The van der Waals surface area contributed by atoms with E-state index in [1.165, 1.54) is 21.9 Å². The monoisotopic (exact) mass is 334 g/mol. The molecule has 0 fully saturated rings. The summed E-state index contributed by atoms with van der Waals surface area (Å²) in [7, 11) is 0.